The summed E-state index contributed by atoms with van der Waals surface area (Å²) in [6.07, 6.45) is 3.95. The maximum atomic E-state index is 12.2. The SMILES string of the molecule is Cc1ccc(OC2CCN(C(=O)COc3cccnc3)C2)nn1. The van der Waals surface area contributed by atoms with Crippen molar-refractivity contribution >= 4 is 5.91 Å². The fourth-order valence-electron chi connectivity index (χ4n) is 2.34. The minimum Gasteiger partial charge on any atom is -0.482 e. The molecule has 7 nitrogen and oxygen atoms in total. The van der Waals surface area contributed by atoms with E-state index in [4.69, 9.17) is 9.47 Å². The first-order valence-electron chi connectivity index (χ1n) is 7.48. The first-order valence-corrected chi connectivity index (χ1v) is 7.48. The lowest BCUT2D eigenvalue weighted by atomic mass is 10.3. The number of carbonyl (C=O) groups excluding carboxylic acids is 1. The number of hydrogen-bond acceptors (Lipinski definition) is 6. The second kappa shape index (κ2) is 7.04. The molecule has 1 atom stereocenters. The van der Waals surface area contributed by atoms with Gasteiger partial charge in [-0.1, -0.05) is 0 Å². The number of rotatable bonds is 5. The van der Waals surface area contributed by atoms with E-state index in [0.717, 1.165) is 12.1 Å². The van der Waals surface area contributed by atoms with E-state index in [1.54, 1.807) is 35.5 Å². The van der Waals surface area contributed by atoms with Crippen LogP contribution in [0.1, 0.15) is 12.1 Å². The first-order chi connectivity index (χ1) is 11.2. The second-order valence-corrected chi connectivity index (χ2v) is 5.36. The lowest BCUT2D eigenvalue weighted by Crippen LogP contribution is -2.34. The van der Waals surface area contributed by atoms with Crippen molar-refractivity contribution in [1.29, 1.82) is 0 Å². The van der Waals surface area contributed by atoms with Crippen LogP contribution in [0.5, 0.6) is 11.6 Å². The minimum atomic E-state index is -0.0608. The largest absolute Gasteiger partial charge is 0.482 e. The normalized spacial score (nSPS) is 17.1. The molecule has 0 N–H and O–H groups in total. The van der Waals surface area contributed by atoms with Gasteiger partial charge in [0.2, 0.25) is 5.88 Å². The number of nitrogens with zero attached hydrogens (tertiary/aromatic N) is 4. The molecule has 120 valence electrons. The zero-order valence-electron chi connectivity index (χ0n) is 12.9. The summed E-state index contributed by atoms with van der Waals surface area (Å²) >= 11 is 0. The van der Waals surface area contributed by atoms with Crippen molar-refractivity contribution < 1.29 is 14.3 Å². The van der Waals surface area contributed by atoms with E-state index >= 15 is 0 Å². The third-order valence-corrected chi connectivity index (χ3v) is 3.56. The van der Waals surface area contributed by atoms with E-state index in [9.17, 15) is 4.79 Å². The second-order valence-electron chi connectivity index (χ2n) is 5.36. The molecular weight excluding hydrogens is 296 g/mol. The highest BCUT2D eigenvalue weighted by atomic mass is 16.5. The predicted octanol–water partition coefficient (Wildman–Crippen LogP) is 1.24. The zero-order chi connectivity index (χ0) is 16.1. The van der Waals surface area contributed by atoms with Gasteiger partial charge in [0.1, 0.15) is 11.9 Å². The molecule has 1 amide bonds. The molecule has 1 fully saturated rings. The molecule has 1 saturated heterocycles. The molecule has 1 aliphatic rings. The molecule has 0 aliphatic carbocycles. The highest BCUT2D eigenvalue weighted by Gasteiger charge is 2.28. The standard InChI is InChI=1S/C16H18N4O3/c1-12-4-5-15(19-18-12)23-14-6-8-20(10-14)16(21)11-22-13-3-2-7-17-9-13/h2-5,7,9,14H,6,8,10-11H2,1H3. The lowest BCUT2D eigenvalue weighted by molar-refractivity contribution is -0.132. The van der Waals surface area contributed by atoms with Gasteiger partial charge < -0.3 is 14.4 Å². The first kappa shape index (κ1) is 15.2. The fraction of sp³-hybridized carbons (Fsp3) is 0.375. The Bertz CT molecular complexity index is 648. The summed E-state index contributed by atoms with van der Waals surface area (Å²) in [5.74, 6) is 1.01. The average molecular weight is 314 g/mol. The van der Waals surface area contributed by atoms with Crippen LogP contribution in [0.4, 0.5) is 0 Å². The van der Waals surface area contributed by atoms with Crippen LogP contribution in [0.25, 0.3) is 0 Å². The van der Waals surface area contributed by atoms with Crippen molar-refractivity contribution in [3.05, 3.63) is 42.4 Å². The van der Waals surface area contributed by atoms with Gasteiger partial charge in [-0.25, -0.2) is 0 Å². The Morgan fingerprint density at radius 1 is 1.35 bits per heavy atom. The van der Waals surface area contributed by atoms with Crippen molar-refractivity contribution in [1.82, 2.24) is 20.1 Å². The molecule has 2 aromatic heterocycles. The Balaban J connectivity index is 1.47. The van der Waals surface area contributed by atoms with Crippen molar-refractivity contribution in [3.63, 3.8) is 0 Å². The number of likely N-dealkylation sites (tertiary alicyclic amines) is 1. The van der Waals surface area contributed by atoms with Gasteiger partial charge >= 0.3 is 0 Å². The highest BCUT2D eigenvalue weighted by molar-refractivity contribution is 5.78. The van der Waals surface area contributed by atoms with E-state index in [1.165, 1.54) is 0 Å². The number of aryl methyl sites for hydroxylation is 1. The molecule has 3 heterocycles. The van der Waals surface area contributed by atoms with Crippen LogP contribution in [-0.4, -0.2) is 51.8 Å². The molecule has 2 aromatic rings. The quantitative estimate of drug-likeness (QED) is 0.826. The number of amides is 1. The monoisotopic (exact) mass is 314 g/mol. The summed E-state index contributed by atoms with van der Waals surface area (Å²) < 4.78 is 11.2. The maximum Gasteiger partial charge on any atom is 0.260 e. The van der Waals surface area contributed by atoms with E-state index in [1.807, 2.05) is 13.0 Å². The van der Waals surface area contributed by atoms with Gasteiger partial charge in [-0.2, -0.15) is 5.10 Å². The Kier molecular flexibility index (Phi) is 4.65. The molecule has 0 bridgehead atoms. The lowest BCUT2D eigenvalue weighted by Gasteiger charge is -2.17. The van der Waals surface area contributed by atoms with Gasteiger partial charge in [-0.3, -0.25) is 9.78 Å². The number of hydrogen-bond donors (Lipinski definition) is 0. The Hall–Kier alpha value is -2.70. The molecule has 0 radical (unpaired) electrons. The topological polar surface area (TPSA) is 77.4 Å². The van der Waals surface area contributed by atoms with Crippen molar-refractivity contribution in [2.45, 2.75) is 19.4 Å². The van der Waals surface area contributed by atoms with Crippen LogP contribution in [0.2, 0.25) is 0 Å². The molecule has 1 unspecified atom stereocenters. The van der Waals surface area contributed by atoms with Crippen LogP contribution in [0.3, 0.4) is 0 Å². The Morgan fingerprint density at radius 3 is 3.00 bits per heavy atom. The molecular formula is C16H18N4O3. The third kappa shape index (κ3) is 4.15. The minimum absolute atomic E-state index is 0.00273. The fourth-order valence-corrected chi connectivity index (χ4v) is 2.34. The van der Waals surface area contributed by atoms with Crippen LogP contribution < -0.4 is 9.47 Å². The number of carbonyl (C=O) groups is 1. The summed E-state index contributed by atoms with van der Waals surface area (Å²) in [7, 11) is 0. The van der Waals surface area contributed by atoms with Gasteiger partial charge in [0, 0.05) is 25.2 Å². The van der Waals surface area contributed by atoms with Gasteiger partial charge in [0.25, 0.3) is 5.91 Å². The number of aromatic nitrogens is 3. The van der Waals surface area contributed by atoms with E-state index in [0.29, 0.717) is 24.7 Å². The summed E-state index contributed by atoms with van der Waals surface area (Å²) in [5.41, 5.74) is 0.841. The number of pyridine rings is 1. The van der Waals surface area contributed by atoms with Crippen LogP contribution in [0, 0.1) is 6.92 Å². The predicted molar refractivity (Wildman–Crippen MR) is 82.1 cm³/mol. The maximum absolute atomic E-state index is 12.2. The van der Waals surface area contributed by atoms with Gasteiger partial charge in [0.15, 0.2) is 6.61 Å². The van der Waals surface area contributed by atoms with Gasteiger partial charge in [0.05, 0.1) is 18.4 Å². The molecule has 1 aliphatic heterocycles. The molecule has 3 rings (SSSR count). The number of ether oxygens (including phenoxy) is 2. The Morgan fingerprint density at radius 2 is 2.26 bits per heavy atom. The van der Waals surface area contributed by atoms with Crippen LogP contribution in [0.15, 0.2) is 36.7 Å². The summed E-state index contributed by atoms with van der Waals surface area (Å²) in [6, 6.07) is 7.18. The van der Waals surface area contributed by atoms with Crippen LogP contribution >= 0.6 is 0 Å². The van der Waals surface area contributed by atoms with Crippen molar-refractivity contribution in [3.8, 4) is 11.6 Å². The molecule has 0 aromatic carbocycles. The Labute approximate surface area is 134 Å². The molecule has 7 heteroatoms. The molecule has 0 saturated carbocycles. The van der Waals surface area contributed by atoms with Gasteiger partial charge in [-0.05, 0) is 25.1 Å². The molecule has 23 heavy (non-hydrogen) atoms. The molecule has 0 spiro atoms. The summed E-state index contributed by atoms with van der Waals surface area (Å²) in [6.45, 7) is 3.06. The smallest absolute Gasteiger partial charge is 0.260 e. The zero-order valence-corrected chi connectivity index (χ0v) is 12.9. The third-order valence-electron chi connectivity index (χ3n) is 3.56. The van der Waals surface area contributed by atoms with E-state index < -0.39 is 0 Å². The highest BCUT2D eigenvalue weighted by Crippen LogP contribution is 2.16. The summed E-state index contributed by atoms with van der Waals surface area (Å²) in [5, 5.41) is 7.94. The van der Waals surface area contributed by atoms with Crippen LogP contribution in [-0.2, 0) is 4.79 Å². The summed E-state index contributed by atoms with van der Waals surface area (Å²) in [4.78, 5) is 17.8. The van der Waals surface area contributed by atoms with Gasteiger partial charge in [-0.15, -0.1) is 5.10 Å². The van der Waals surface area contributed by atoms with Crippen molar-refractivity contribution in [2.24, 2.45) is 0 Å². The average Bonchev–Trinajstić information content (AvgIpc) is 3.04. The van der Waals surface area contributed by atoms with E-state index in [2.05, 4.69) is 15.2 Å². The van der Waals surface area contributed by atoms with Crippen molar-refractivity contribution in [2.75, 3.05) is 19.7 Å². The van der Waals surface area contributed by atoms with E-state index in [-0.39, 0.29) is 18.6 Å².